The summed E-state index contributed by atoms with van der Waals surface area (Å²) < 4.78 is 1.92. The minimum absolute atomic E-state index is 0.200. The van der Waals surface area contributed by atoms with Gasteiger partial charge in [-0.25, -0.2) is 9.97 Å². The fourth-order valence-electron chi connectivity index (χ4n) is 3.67. The van der Waals surface area contributed by atoms with Gasteiger partial charge in [-0.1, -0.05) is 23.7 Å². The predicted molar refractivity (Wildman–Crippen MR) is 128 cm³/mol. The topological polar surface area (TPSA) is 75.9 Å². The van der Waals surface area contributed by atoms with Crippen LogP contribution in [0, 0.1) is 6.92 Å². The Morgan fingerprint density at radius 3 is 2.72 bits per heavy atom. The molecule has 0 saturated heterocycles. The predicted octanol–water partition coefficient (Wildman–Crippen LogP) is 4.79. The van der Waals surface area contributed by atoms with Gasteiger partial charge in [0.05, 0.1) is 11.7 Å². The lowest BCUT2D eigenvalue weighted by Gasteiger charge is -2.18. The zero-order valence-electron chi connectivity index (χ0n) is 18.6. The molecule has 8 heteroatoms. The molecular weight excluding hydrogens is 424 g/mol. The quantitative estimate of drug-likeness (QED) is 0.459. The molecule has 2 aromatic heterocycles. The molecule has 0 spiro atoms. The molecule has 2 aromatic carbocycles. The Balaban J connectivity index is 1.77. The van der Waals surface area contributed by atoms with Crippen LogP contribution >= 0.6 is 11.6 Å². The molecule has 0 aliphatic heterocycles. The maximum atomic E-state index is 13.5. The Morgan fingerprint density at radius 1 is 1.19 bits per heavy atom. The summed E-state index contributed by atoms with van der Waals surface area (Å²) in [6.07, 6.45) is 1.81. The molecule has 0 fully saturated rings. The summed E-state index contributed by atoms with van der Waals surface area (Å²) in [6.45, 7) is 5.27. The van der Waals surface area contributed by atoms with Crippen molar-refractivity contribution in [1.29, 1.82) is 0 Å². The first-order chi connectivity index (χ1) is 15.4. The fourth-order valence-corrected chi connectivity index (χ4v) is 3.85. The second-order valence-electron chi connectivity index (χ2n) is 7.62. The molecule has 0 aliphatic carbocycles. The first-order valence-electron chi connectivity index (χ1n) is 10.4. The highest BCUT2D eigenvalue weighted by atomic mass is 35.5. The van der Waals surface area contributed by atoms with Gasteiger partial charge in [0.25, 0.3) is 5.91 Å². The summed E-state index contributed by atoms with van der Waals surface area (Å²) in [4.78, 5) is 24.6. The minimum atomic E-state index is -0.200. The molecule has 0 unspecified atom stereocenters. The molecule has 7 nitrogen and oxygen atoms in total. The van der Waals surface area contributed by atoms with Crippen molar-refractivity contribution in [3.05, 3.63) is 70.6 Å². The number of anilines is 1. The average molecular weight is 449 g/mol. The van der Waals surface area contributed by atoms with Gasteiger partial charge in [0.2, 0.25) is 0 Å². The summed E-state index contributed by atoms with van der Waals surface area (Å²) in [5.41, 5.74) is 4.81. The number of hydrogen-bond donors (Lipinski definition) is 1. The number of rotatable bonds is 6. The number of carbonyl (C=O) groups excluding carboxylic acids is 1. The third-order valence-corrected chi connectivity index (χ3v) is 5.76. The van der Waals surface area contributed by atoms with Gasteiger partial charge in [0, 0.05) is 60.1 Å². The molecule has 1 N–H and O–H groups in total. The van der Waals surface area contributed by atoms with E-state index in [0.717, 1.165) is 29.1 Å². The Labute approximate surface area is 192 Å². The maximum absolute atomic E-state index is 13.5. The Kier molecular flexibility index (Phi) is 6.10. The van der Waals surface area contributed by atoms with Gasteiger partial charge in [-0.05, 0) is 44.2 Å². The molecule has 0 saturated carbocycles. The van der Waals surface area contributed by atoms with E-state index < -0.39 is 0 Å². The number of hydrogen-bond acceptors (Lipinski definition) is 5. The van der Waals surface area contributed by atoms with Crippen LogP contribution in [0.2, 0.25) is 5.02 Å². The van der Waals surface area contributed by atoms with Crippen molar-refractivity contribution in [2.75, 3.05) is 19.4 Å². The second-order valence-corrected chi connectivity index (χ2v) is 8.06. The standard InChI is InChI=1S/C24H25ClN6O/c1-5-31-15(2)17(13-27-31)14-30(4)24(32)22-20-12-18(25)9-10-21(20)28-23(29-22)16-7-6-8-19(11-16)26-3/h6-13,26H,5,14H2,1-4H3. The lowest BCUT2D eigenvalue weighted by atomic mass is 10.1. The summed E-state index contributed by atoms with van der Waals surface area (Å²) in [6, 6.07) is 13.1. The molecule has 0 atom stereocenters. The van der Waals surface area contributed by atoms with Gasteiger partial charge in [0.1, 0.15) is 5.69 Å². The molecular formula is C24H25ClN6O. The van der Waals surface area contributed by atoms with Gasteiger partial charge in [0.15, 0.2) is 5.82 Å². The number of halogens is 1. The van der Waals surface area contributed by atoms with Crippen LogP contribution in [0.4, 0.5) is 5.69 Å². The molecule has 0 radical (unpaired) electrons. The summed E-state index contributed by atoms with van der Waals surface area (Å²) in [5, 5.41) is 8.66. The number of fused-ring (bicyclic) bond motifs is 1. The monoisotopic (exact) mass is 448 g/mol. The molecule has 2 heterocycles. The molecule has 4 rings (SSSR count). The average Bonchev–Trinajstić information content (AvgIpc) is 3.16. The third-order valence-electron chi connectivity index (χ3n) is 5.53. The zero-order chi connectivity index (χ0) is 22.8. The highest BCUT2D eigenvalue weighted by Crippen LogP contribution is 2.27. The minimum Gasteiger partial charge on any atom is -0.388 e. The number of nitrogens with zero attached hydrogens (tertiary/aromatic N) is 5. The van der Waals surface area contributed by atoms with E-state index in [-0.39, 0.29) is 5.91 Å². The number of aromatic nitrogens is 4. The van der Waals surface area contributed by atoms with Gasteiger partial charge >= 0.3 is 0 Å². The molecule has 4 aromatic rings. The first kappa shape index (κ1) is 21.8. The molecule has 1 amide bonds. The summed E-state index contributed by atoms with van der Waals surface area (Å²) in [7, 11) is 3.62. The van der Waals surface area contributed by atoms with Crippen molar-refractivity contribution in [2.24, 2.45) is 0 Å². The zero-order valence-corrected chi connectivity index (χ0v) is 19.3. The fraction of sp³-hybridized carbons (Fsp3) is 0.250. The van der Waals surface area contributed by atoms with Crippen molar-refractivity contribution >= 4 is 34.1 Å². The van der Waals surface area contributed by atoms with Crippen LogP contribution < -0.4 is 5.32 Å². The van der Waals surface area contributed by atoms with E-state index in [2.05, 4.69) is 15.4 Å². The van der Waals surface area contributed by atoms with Gasteiger partial charge in [-0.3, -0.25) is 9.48 Å². The van der Waals surface area contributed by atoms with E-state index >= 15 is 0 Å². The van der Waals surface area contributed by atoms with E-state index in [1.54, 1.807) is 24.1 Å². The maximum Gasteiger partial charge on any atom is 0.273 e. The smallest absolute Gasteiger partial charge is 0.273 e. The van der Waals surface area contributed by atoms with Crippen molar-refractivity contribution in [2.45, 2.75) is 26.9 Å². The number of aryl methyl sites for hydroxylation is 1. The normalized spacial score (nSPS) is 11.0. The van der Waals surface area contributed by atoms with Crippen LogP contribution in [0.3, 0.4) is 0 Å². The SMILES string of the molecule is CCn1ncc(CN(C)C(=O)c2nc(-c3cccc(NC)c3)nc3ccc(Cl)cc23)c1C. The number of amides is 1. The Hall–Kier alpha value is -3.45. The van der Waals surface area contributed by atoms with Crippen LogP contribution in [0.15, 0.2) is 48.7 Å². The van der Waals surface area contributed by atoms with E-state index in [0.29, 0.717) is 34.0 Å². The van der Waals surface area contributed by atoms with Gasteiger partial charge < -0.3 is 10.2 Å². The summed E-state index contributed by atoms with van der Waals surface area (Å²) in [5.74, 6) is 0.290. The van der Waals surface area contributed by atoms with Gasteiger partial charge in [-0.15, -0.1) is 0 Å². The van der Waals surface area contributed by atoms with Crippen LogP contribution in [0.25, 0.3) is 22.3 Å². The van der Waals surface area contributed by atoms with E-state index in [1.165, 1.54) is 0 Å². The Morgan fingerprint density at radius 2 is 2.00 bits per heavy atom. The molecule has 32 heavy (non-hydrogen) atoms. The van der Waals surface area contributed by atoms with E-state index in [9.17, 15) is 4.79 Å². The molecule has 0 aliphatic rings. The number of nitrogens with one attached hydrogen (secondary N) is 1. The third kappa shape index (κ3) is 4.16. The first-order valence-corrected chi connectivity index (χ1v) is 10.8. The van der Waals surface area contributed by atoms with E-state index in [1.807, 2.05) is 62.1 Å². The highest BCUT2D eigenvalue weighted by Gasteiger charge is 2.21. The van der Waals surface area contributed by atoms with Gasteiger partial charge in [-0.2, -0.15) is 5.10 Å². The largest absolute Gasteiger partial charge is 0.388 e. The van der Waals surface area contributed by atoms with E-state index in [4.69, 9.17) is 16.6 Å². The van der Waals surface area contributed by atoms with Crippen molar-refractivity contribution in [3.8, 4) is 11.4 Å². The second kappa shape index (κ2) is 8.96. The highest BCUT2D eigenvalue weighted by molar-refractivity contribution is 6.31. The molecule has 164 valence electrons. The summed E-state index contributed by atoms with van der Waals surface area (Å²) >= 11 is 6.24. The van der Waals surface area contributed by atoms with Crippen LogP contribution in [-0.4, -0.2) is 44.7 Å². The lowest BCUT2D eigenvalue weighted by Crippen LogP contribution is -2.27. The van der Waals surface area contributed by atoms with Crippen molar-refractivity contribution in [1.82, 2.24) is 24.6 Å². The van der Waals surface area contributed by atoms with Crippen LogP contribution in [0.1, 0.15) is 28.7 Å². The lowest BCUT2D eigenvalue weighted by molar-refractivity contribution is 0.0781. The number of carbonyl (C=O) groups is 1. The molecule has 0 bridgehead atoms. The van der Waals surface area contributed by atoms with Crippen LogP contribution in [-0.2, 0) is 13.1 Å². The Bertz CT molecular complexity index is 1300. The number of benzene rings is 2. The van der Waals surface area contributed by atoms with Crippen molar-refractivity contribution < 1.29 is 4.79 Å². The van der Waals surface area contributed by atoms with Crippen molar-refractivity contribution in [3.63, 3.8) is 0 Å². The van der Waals surface area contributed by atoms with Crippen LogP contribution in [0.5, 0.6) is 0 Å².